The van der Waals surface area contributed by atoms with Gasteiger partial charge in [0.25, 0.3) is 5.91 Å². The van der Waals surface area contributed by atoms with Gasteiger partial charge in [-0.2, -0.15) is 0 Å². The van der Waals surface area contributed by atoms with Crippen molar-refractivity contribution in [3.8, 4) is 0 Å². The number of nitrogens with zero attached hydrogens (tertiary/aromatic N) is 1. The molecule has 0 aliphatic heterocycles. The maximum atomic E-state index is 12.5. The molecule has 0 unspecified atom stereocenters. The summed E-state index contributed by atoms with van der Waals surface area (Å²) in [7, 11) is 1.28. The summed E-state index contributed by atoms with van der Waals surface area (Å²) in [5, 5.41) is 4.78. The highest BCUT2D eigenvalue weighted by Gasteiger charge is 2.16. The fourth-order valence-electron chi connectivity index (χ4n) is 2.34. The third-order valence-corrected chi connectivity index (χ3v) is 6.28. The number of H-pyrrole nitrogens is 1. The van der Waals surface area contributed by atoms with E-state index in [0.29, 0.717) is 32.2 Å². The van der Waals surface area contributed by atoms with Crippen molar-refractivity contribution >= 4 is 66.0 Å². The molecule has 144 valence electrons. The molecule has 3 aromatic rings. The third-order valence-electron chi connectivity index (χ3n) is 3.69. The fraction of sp³-hybridized carbons (Fsp3) is 0.111. The van der Waals surface area contributed by atoms with E-state index >= 15 is 0 Å². The van der Waals surface area contributed by atoms with Gasteiger partial charge >= 0.3 is 5.97 Å². The van der Waals surface area contributed by atoms with Crippen molar-refractivity contribution in [2.24, 2.45) is 0 Å². The predicted octanol–water partition coefficient (Wildman–Crippen LogP) is 4.46. The summed E-state index contributed by atoms with van der Waals surface area (Å²) in [5.41, 5.74) is 1.60. The van der Waals surface area contributed by atoms with E-state index in [4.69, 9.17) is 0 Å². The molecule has 3 rings (SSSR count). The number of ether oxygens (including phenoxy) is 1. The number of Topliss-reactive ketones (excluding diaryl/α,β-unsaturated/α-hetero) is 1. The maximum absolute atomic E-state index is 12.5. The van der Waals surface area contributed by atoms with Gasteiger partial charge in [-0.3, -0.25) is 14.9 Å². The lowest BCUT2D eigenvalue weighted by molar-refractivity contribution is 0.0600. The van der Waals surface area contributed by atoms with Crippen LogP contribution in [0.2, 0.25) is 0 Å². The third kappa shape index (κ3) is 4.75. The van der Waals surface area contributed by atoms with Gasteiger partial charge in [-0.25, -0.2) is 9.78 Å². The Hall–Kier alpha value is -2.30. The van der Waals surface area contributed by atoms with Gasteiger partial charge in [0, 0.05) is 10.9 Å². The number of aromatic nitrogens is 2. The summed E-state index contributed by atoms with van der Waals surface area (Å²) >= 11 is 7.81. The van der Waals surface area contributed by atoms with E-state index in [1.165, 1.54) is 24.5 Å². The second kappa shape index (κ2) is 8.80. The highest BCUT2D eigenvalue weighted by molar-refractivity contribution is 9.13. The smallest absolute Gasteiger partial charge is 0.337 e. The van der Waals surface area contributed by atoms with Crippen molar-refractivity contribution in [2.75, 3.05) is 12.4 Å². The van der Waals surface area contributed by atoms with Gasteiger partial charge in [0.05, 0.1) is 33.9 Å². The first-order valence-electron chi connectivity index (χ1n) is 7.88. The number of aromatic amines is 1. The van der Waals surface area contributed by atoms with Crippen molar-refractivity contribution in [1.29, 1.82) is 0 Å². The van der Waals surface area contributed by atoms with Gasteiger partial charge in [-0.15, -0.1) is 11.3 Å². The van der Waals surface area contributed by atoms with Crippen LogP contribution < -0.4 is 5.32 Å². The number of nitrogens with one attached hydrogen (secondary N) is 2. The Morgan fingerprint density at radius 2 is 1.96 bits per heavy atom. The molecule has 0 atom stereocenters. The molecule has 0 saturated carbocycles. The minimum absolute atomic E-state index is 0.0522. The van der Waals surface area contributed by atoms with Gasteiger partial charge in [0.2, 0.25) is 0 Å². The fourth-order valence-corrected chi connectivity index (χ4v) is 3.70. The number of hydrogen-bond donors (Lipinski definition) is 2. The van der Waals surface area contributed by atoms with Crippen molar-refractivity contribution in [3.63, 3.8) is 0 Å². The van der Waals surface area contributed by atoms with Crippen LogP contribution in [0.25, 0.3) is 0 Å². The number of amides is 1. The molecule has 2 aromatic heterocycles. The van der Waals surface area contributed by atoms with Crippen LogP contribution in [0.3, 0.4) is 0 Å². The van der Waals surface area contributed by atoms with Gasteiger partial charge < -0.3 is 9.72 Å². The zero-order valence-electron chi connectivity index (χ0n) is 14.4. The van der Waals surface area contributed by atoms with Crippen LogP contribution in [0.1, 0.15) is 36.9 Å². The van der Waals surface area contributed by atoms with E-state index in [2.05, 4.69) is 51.9 Å². The normalized spacial score (nSPS) is 10.5. The van der Waals surface area contributed by atoms with E-state index < -0.39 is 5.97 Å². The molecule has 0 aliphatic carbocycles. The van der Waals surface area contributed by atoms with Crippen molar-refractivity contribution in [1.82, 2.24) is 9.97 Å². The molecule has 7 nitrogen and oxygen atoms in total. The Morgan fingerprint density at radius 1 is 1.21 bits per heavy atom. The molecule has 1 aromatic carbocycles. The molecular formula is C18H13Br2N3O4S. The standard InChI is InChI=1S/C18H13Br2N3O4S/c1-27-17(26)10-4-2-3-9(5-10)14(24)6-11-8-28-18(21-11)23-16(25)13-7-12(19)15(20)22-13/h2-5,7-8,22H,6H2,1H3,(H,21,23,25). The minimum Gasteiger partial charge on any atom is -0.465 e. The second-order valence-corrected chi connectivity index (χ2v) is 8.12. The number of methoxy groups -OCH3 is 1. The Balaban J connectivity index is 1.66. The second-order valence-electron chi connectivity index (χ2n) is 5.62. The van der Waals surface area contributed by atoms with Gasteiger partial charge in [0.15, 0.2) is 10.9 Å². The predicted molar refractivity (Wildman–Crippen MR) is 112 cm³/mol. The van der Waals surface area contributed by atoms with Gasteiger partial charge in [-0.1, -0.05) is 12.1 Å². The number of halogens is 2. The van der Waals surface area contributed by atoms with Crippen molar-refractivity contribution < 1.29 is 19.1 Å². The molecule has 28 heavy (non-hydrogen) atoms. The van der Waals surface area contributed by atoms with E-state index in [1.54, 1.807) is 29.6 Å². The van der Waals surface area contributed by atoms with Gasteiger partial charge in [0.1, 0.15) is 5.69 Å². The topological polar surface area (TPSA) is 101 Å². The van der Waals surface area contributed by atoms with Crippen LogP contribution in [0.15, 0.2) is 44.8 Å². The summed E-state index contributed by atoms with van der Waals surface area (Å²) in [4.78, 5) is 43.5. The first-order valence-corrected chi connectivity index (χ1v) is 10.3. The Kier molecular flexibility index (Phi) is 6.42. The average molecular weight is 527 g/mol. The van der Waals surface area contributed by atoms with E-state index in [-0.39, 0.29) is 18.1 Å². The number of carbonyl (C=O) groups is 3. The lowest BCUT2D eigenvalue weighted by Crippen LogP contribution is -2.12. The van der Waals surface area contributed by atoms with Crippen LogP contribution in [-0.2, 0) is 11.2 Å². The molecule has 0 fully saturated rings. The zero-order valence-corrected chi connectivity index (χ0v) is 18.4. The first kappa shape index (κ1) is 20.4. The summed E-state index contributed by atoms with van der Waals surface area (Å²) in [6.45, 7) is 0. The highest BCUT2D eigenvalue weighted by Crippen LogP contribution is 2.24. The molecule has 0 spiro atoms. The van der Waals surface area contributed by atoms with E-state index in [9.17, 15) is 14.4 Å². The van der Waals surface area contributed by atoms with Crippen LogP contribution in [0.4, 0.5) is 5.13 Å². The van der Waals surface area contributed by atoms with Crippen LogP contribution in [-0.4, -0.2) is 34.7 Å². The molecule has 2 heterocycles. The molecule has 10 heteroatoms. The van der Waals surface area contributed by atoms with Gasteiger partial charge in [-0.05, 0) is 50.1 Å². The van der Waals surface area contributed by atoms with Crippen LogP contribution >= 0.6 is 43.2 Å². The monoisotopic (exact) mass is 525 g/mol. The SMILES string of the molecule is COC(=O)c1cccc(C(=O)Cc2csc(NC(=O)c3cc(Br)c(Br)[nH]3)n2)c1. The number of rotatable bonds is 6. The number of hydrogen-bond acceptors (Lipinski definition) is 6. The van der Waals surface area contributed by atoms with Crippen molar-refractivity contribution in [2.45, 2.75) is 6.42 Å². The number of ketones is 1. The molecule has 0 bridgehead atoms. The number of esters is 1. The Labute approximate surface area is 180 Å². The largest absolute Gasteiger partial charge is 0.465 e. The Bertz CT molecular complexity index is 1040. The number of benzene rings is 1. The van der Waals surface area contributed by atoms with E-state index in [0.717, 1.165) is 4.47 Å². The molecule has 0 saturated heterocycles. The zero-order chi connectivity index (χ0) is 20.3. The summed E-state index contributed by atoms with van der Waals surface area (Å²) in [5.74, 6) is -1.04. The lowest BCUT2D eigenvalue weighted by atomic mass is 10.0. The summed E-state index contributed by atoms with van der Waals surface area (Å²) in [6, 6.07) is 7.97. The molecule has 0 aliphatic rings. The molecule has 1 amide bonds. The summed E-state index contributed by atoms with van der Waals surface area (Å²) < 4.78 is 6.06. The minimum atomic E-state index is -0.504. The highest BCUT2D eigenvalue weighted by atomic mass is 79.9. The molecular weight excluding hydrogens is 514 g/mol. The average Bonchev–Trinajstić information content (AvgIpc) is 3.27. The number of carbonyl (C=O) groups excluding carboxylic acids is 3. The maximum Gasteiger partial charge on any atom is 0.337 e. The molecule has 2 N–H and O–H groups in total. The molecule has 0 radical (unpaired) electrons. The quantitative estimate of drug-likeness (QED) is 0.364. The lowest BCUT2D eigenvalue weighted by Gasteiger charge is -2.03. The van der Waals surface area contributed by atoms with Crippen molar-refractivity contribution in [3.05, 3.63) is 67.3 Å². The Morgan fingerprint density at radius 3 is 2.64 bits per heavy atom. The van der Waals surface area contributed by atoms with Crippen LogP contribution in [0.5, 0.6) is 0 Å². The summed E-state index contributed by atoms with van der Waals surface area (Å²) in [6.07, 6.45) is 0.0522. The number of anilines is 1. The number of thiazole rings is 1. The first-order chi connectivity index (χ1) is 13.4. The van der Waals surface area contributed by atoms with Crippen LogP contribution in [0, 0.1) is 0 Å². The van der Waals surface area contributed by atoms with E-state index in [1.807, 2.05) is 0 Å².